The Labute approximate surface area is 138 Å². The van der Waals surface area contributed by atoms with Crippen molar-refractivity contribution in [1.29, 1.82) is 0 Å². The molecular formula is C18H29BrN2. The highest BCUT2D eigenvalue weighted by Crippen LogP contribution is 2.34. The van der Waals surface area contributed by atoms with Crippen molar-refractivity contribution in [3.05, 3.63) is 28.2 Å². The largest absolute Gasteiger partial charge is 0.369 e. The van der Waals surface area contributed by atoms with Crippen molar-refractivity contribution in [2.24, 2.45) is 5.92 Å². The summed E-state index contributed by atoms with van der Waals surface area (Å²) in [7, 11) is 0. The van der Waals surface area contributed by atoms with Gasteiger partial charge in [-0.05, 0) is 42.9 Å². The second kappa shape index (κ2) is 7.64. The fourth-order valence-electron chi connectivity index (χ4n) is 2.48. The van der Waals surface area contributed by atoms with Crippen LogP contribution in [-0.4, -0.2) is 18.6 Å². The zero-order valence-corrected chi connectivity index (χ0v) is 15.4. The molecule has 2 rings (SSSR count). The molecule has 1 aromatic carbocycles. The zero-order valence-electron chi connectivity index (χ0n) is 13.8. The zero-order chi connectivity index (χ0) is 15.4. The first-order chi connectivity index (χ1) is 9.97. The minimum absolute atomic E-state index is 0.519. The van der Waals surface area contributed by atoms with Crippen LogP contribution >= 0.6 is 15.9 Å². The molecule has 0 unspecified atom stereocenters. The van der Waals surface area contributed by atoms with Crippen molar-refractivity contribution in [3.8, 4) is 0 Å². The van der Waals surface area contributed by atoms with Crippen LogP contribution in [0.1, 0.15) is 52.5 Å². The average Bonchev–Trinajstić information content (AvgIpc) is 3.22. The number of benzene rings is 1. The molecule has 0 saturated heterocycles. The summed E-state index contributed by atoms with van der Waals surface area (Å²) in [5.74, 6) is 0.768. The van der Waals surface area contributed by atoms with Gasteiger partial charge in [0.15, 0.2) is 0 Å². The Morgan fingerprint density at radius 2 is 1.95 bits per heavy atom. The maximum absolute atomic E-state index is 3.75. The van der Waals surface area contributed by atoms with E-state index in [1.54, 1.807) is 0 Å². The first-order valence-electron chi connectivity index (χ1n) is 8.25. The van der Waals surface area contributed by atoms with E-state index in [4.69, 9.17) is 0 Å². The molecule has 21 heavy (non-hydrogen) atoms. The lowest BCUT2D eigenvalue weighted by Crippen LogP contribution is -2.28. The van der Waals surface area contributed by atoms with Crippen LogP contribution in [0.3, 0.4) is 0 Å². The van der Waals surface area contributed by atoms with Crippen molar-refractivity contribution < 1.29 is 0 Å². The number of halogens is 1. The third kappa shape index (κ3) is 5.30. The van der Waals surface area contributed by atoms with E-state index in [2.05, 4.69) is 72.0 Å². The van der Waals surface area contributed by atoms with Gasteiger partial charge >= 0.3 is 0 Å². The summed E-state index contributed by atoms with van der Waals surface area (Å²) in [6, 6.07) is 8.15. The van der Waals surface area contributed by atoms with Crippen LogP contribution in [-0.2, 0) is 6.54 Å². The summed E-state index contributed by atoms with van der Waals surface area (Å²) < 4.78 is 1.23. The van der Waals surface area contributed by atoms with Gasteiger partial charge in [0.05, 0.1) is 0 Å². The summed E-state index contributed by atoms with van der Waals surface area (Å²) in [5.41, 5.74) is 2.71. The topological polar surface area (TPSA) is 15.3 Å². The first kappa shape index (κ1) is 16.8. The summed E-state index contributed by atoms with van der Waals surface area (Å²) >= 11 is 3.75. The molecule has 0 amide bonds. The molecule has 0 radical (unpaired) electrons. The fourth-order valence-corrected chi connectivity index (χ4v) is 2.99. The van der Waals surface area contributed by atoms with E-state index in [9.17, 15) is 0 Å². The van der Waals surface area contributed by atoms with E-state index in [0.717, 1.165) is 18.5 Å². The highest BCUT2D eigenvalue weighted by molar-refractivity contribution is 9.10. The SMILES string of the molecule is CC(C)CCN(c1ccc(CNC(C)C)c(Br)c1)C1CC1. The summed E-state index contributed by atoms with van der Waals surface area (Å²) in [6.07, 6.45) is 3.98. The number of nitrogens with one attached hydrogen (secondary N) is 1. The Kier molecular flexibility index (Phi) is 6.12. The number of hydrogen-bond donors (Lipinski definition) is 1. The molecule has 0 aliphatic heterocycles. The Morgan fingerprint density at radius 1 is 1.24 bits per heavy atom. The molecule has 0 spiro atoms. The third-order valence-corrected chi connectivity index (χ3v) is 4.74. The van der Waals surface area contributed by atoms with Gasteiger partial charge in [0.25, 0.3) is 0 Å². The lowest BCUT2D eigenvalue weighted by Gasteiger charge is -2.26. The van der Waals surface area contributed by atoms with Crippen molar-refractivity contribution in [2.45, 2.75) is 65.6 Å². The predicted molar refractivity (Wildman–Crippen MR) is 95.9 cm³/mol. The molecule has 0 bridgehead atoms. The van der Waals surface area contributed by atoms with Gasteiger partial charge in [-0.1, -0.05) is 49.7 Å². The maximum atomic E-state index is 3.75. The van der Waals surface area contributed by atoms with Gasteiger partial charge in [0.1, 0.15) is 0 Å². The molecular weight excluding hydrogens is 324 g/mol. The monoisotopic (exact) mass is 352 g/mol. The van der Waals surface area contributed by atoms with E-state index in [1.165, 1.54) is 41.5 Å². The molecule has 1 saturated carbocycles. The van der Waals surface area contributed by atoms with Crippen LogP contribution < -0.4 is 10.2 Å². The first-order valence-corrected chi connectivity index (χ1v) is 9.05. The fraction of sp³-hybridized carbons (Fsp3) is 0.667. The van der Waals surface area contributed by atoms with Crippen molar-refractivity contribution in [2.75, 3.05) is 11.4 Å². The second-order valence-corrected chi connectivity index (χ2v) is 7.77. The van der Waals surface area contributed by atoms with E-state index in [1.807, 2.05) is 0 Å². The van der Waals surface area contributed by atoms with Crippen LogP contribution in [0.15, 0.2) is 22.7 Å². The molecule has 118 valence electrons. The molecule has 0 atom stereocenters. The number of anilines is 1. The molecule has 2 nitrogen and oxygen atoms in total. The molecule has 0 heterocycles. The summed E-state index contributed by atoms with van der Waals surface area (Å²) in [4.78, 5) is 2.60. The van der Waals surface area contributed by atoms with Crippen LogP contribution in [0.5, 0.6) is 0 Å². The van der Waals surface area contributed by atoms with Gasteiger partial charge in [0, 0.05) is 35.3 Å². The predicted octanol–water partition coefficient (Wildman–Crippen LogP) is 4.96. The number of rotatable bonds is 8. The van der Waals surface area contributed by atoms with E-state index in [0.29, 0.717) is 6.04 Å². The minimum Gasteiger partial charge on any atom is -0.369 e. The molecule has 1 aromatic rings. The van der Waals surface area contributed by atoms with Gasteiger partial charge < -0.3 is 10.2 Å². The Balaban J connectivity index is 2.05. The third-order valence-electron chi connectivity index (χ3n) is 4.00. The van der Waals surface area contributed by atoms with Crippen LogP contribution in [0.2, 0.25) is 0 Å². The minimum atomic E-state index is 0.519. The molecule has 3 heteroatoms. The smallest absolute Gasteiger partial charge is 0.0380 e. The molecule has 1 aliphatic rings. The van der Waals surface area contributed by atoms with Crippen molar-refractivity contribution in [3.63, 3.8) is 0 Å². The maximum Gasteiger partial charge on any atom is 0.0380 e. The Bertz CT molecular complexity index is 453. The number of hydrogen-bond acceptors (Lipinski definition) is 2. The molecule has 1 aliphatic carbocycles. The second-order valence-electron chi connectivity index (χ2n) is 6.92. The summed E-state index contributed by atoms with van der Waals surface area (Å²) in [5, 5.41) is 3.48. The normalized spacial score (nSPS) is 15.0. The lowest BCUT2D eigenvalue weighted by molar-refractivity contribution is 0.570. The molecule has 1 fully saturated rings. The average molecular weight is 353 g/mol. The Morgan fingerprint density at radius 3 is 2.48 bits per heavy atom. The van der Waals surface area contributed by atoms with E-state index < -0.39 is 0 Å². The molecule has 0 aromatic heterocycles. The lowest BCUT2D eigenvalue weighted by atomic mass is 10.1. The van der Waals surface area contributed by atoms with Gasteiger partial charge in [0.2, 0.25) is 0 Å². The van der Waals surface area contributed by atoms with E-state index in [-0.39, 0.29) is 0 Å². The summed E-state index contributed by atoms with van der Waals surface area (Å²) in [6.45, 7) is 11.1. The quantitative estimate of drug-likeness (QED) is 0.710. The highest BCUT2D eigenvalue weighted by Gasteiger charge is 2.29. The highest BCUT2D eigenvalue weighted by atomic mass is 79.9. The standard InChI is InChI=1S/C18H29BrN2/c1-13(2)9-10-21(16-7-8-16)17-6-5-15(18(19)11-17)12-20-14(3)4/h5-6,11,13-14,16,20H,7-10,12H2,1-4H3. The molecule has 1 N–H and O–H groups in total. The van der Waals surface area contributed by atoms with Gasteiger partial charge in [-0.15, -0.1) is 0 Å². The van der Waals surface area contributed by atoms with Gasteiger partial charge in [-0.2, -0.15) is 0 Å². The van der Waals surface area contributed by atoms with Crippen LogP contribution in [0.25, 0.3) is 0 Å². The van der Waals surface area contributed by atoms with Crippen molar-refractivity contribution in [1.82, 2.24) is 5.32 Å². The van der Waals surface area contributed by atoms with Crippen LogP contribution in [0, 0.1) is 5.92 Å². The number of nitrogens with zero attached hydrogens (tertiary/aromatic N) is 1. The van der Waals surface area contributed by atoms with Gasteiger partial charge in [-0.25, -0.2) is 0 Å². The van der Waals surface area contributed by atoms with Crippen molar-refractivity contribution >= 4 is 21.6 Å². The van der Waals surface area contributed by atoms with Crippen LogP contribution in [0.4, 0.5) is 5.69 Å². The van der Waals surface area contributed by atoms with Gasteiger partial charge in [-0.3, -0.25) is 0 Å². The Hall–Kier alpha value is -0.540. The van der Waals surface area contributed by atoms with E-state index >= 15 is 0 Å².